The number of nitrogens with zero attached hydrogens (tertiary/aromatic N) is 1. The van der Waals surface area contributed by atoms with Crippen LogP contribution in [0.15, 0.2) is 18.2 Å². The third-order valence-corrected chi connectivity index (χ3v) is 4.95. The molecule has 6 heteroatoms. The minimum atomic E-state index is 0.0374. The minimum absolute atomic E-state index is 0.0374. The summed E-state index contributed by atoms with van der Waals surface area (Å²) < 4.78 is 5.66. The van der Waals surface area contributed by atoms with E-state index in [1.54, 1.807) is 6.07 Å². The average molecular weight is 368 g/mol. The van der Waals surface area contributed by atoms with Crippen molar-refractivity contribution in [2.75, 3.05) is 45.7 Å². The molecule has 1 heterocycles. The lowest BCUT2D eigenvalue weighted by Crippen LogP contribution is -2.34. The van der Waals surface area contributed by atoms with E-state index in [1.807, 2.05) is 31.1 Å². The molecule has 1 aromatic carbocycles. The zero-order valence-corrected chi connectivity index (χ0v) is 16.2. The molecular weight excluding hydrogens is 338 g/mol. The SMILES string of the molecule is CC(CC(=O)Nc1ccc(OCCN(C)C)c(Cl)c1)C1CCCNC1. The van der Waals surface area contributed by atoms with Crippen molar-refractivity contribution in [3.05, 3.63) is 23.2 Å². The molecule has 0 saturated carbocycles. The van der Waals surface area contributed by atoms with Crippen molar-refractivity contribution >= 4 is 23.2 Å². The van der Waals surface area contributed by atoms with E-state index in [0.29, 0.717) is 41.3 Å². The molecule has 5 nitrogen and oxygen atoms in total. The molecule has 1 saturated heterocycles. The van der Waals surface area contributed by atoms with Gasteiger partial charge in [-0.1, -0.05) is 18.5 Å². The van der Waals surface area contributed by atoms with Gasteiger partial charge in [0.1, 0.15) is 12.4 Å². The molecule has 1 fully saturated rings. The van der Waals surface area contributed by atoms with Crippen LogP contribution in [0.1, 0.15) is 26.2 Å². The highest BCUT2D eigenvalue weighted by Crippen LogP contribution is 2.28. The highest BCUT2D eigenvalue weighted by molar-refractivity contribution is 6.32. The van der Waals surface area contributed by atoms with E-state index in [9.17, 15) is 4.79 Å². The van der Waals surface area contributed by atoms with E-state index in [-0.39, 0.29) is 5.91 Å². The first-order chi connectivity index (χ1) is 12.0. The third kappa shape index (κ3) is 6.84. The Morgan fingerprint density at radius 3 is 2.92 bits per heavy atom. The number of carbonyl (C=O) groups is 1. The van der Waals surface area contributed by atoms with Crippen LogP contribution in [0.3, 0.4) is 0 Å². The van der Waals surface area contributed by atoms with Crippen LogP contribution in [0.25, 0.3) is 0 Å². The molecule has 2 unspecified atom stereocenters. The Morgan fingerprint density at radius 2 is 2.28 bits per heavy atom. The number of amides is 1. The predicted octanol–water partition coefficient (Wildman–Crippen LogP) is 3.24. The van der Waals surface area contributed by atoms with Crippen molar-refractivity contribution in [1.29, 1.82) is 0 Å². The van der Waals surface area contributed by atoms with Gasteiger partial charge in [-0.2, -0.15) is 0 Å². The highest BCUT2D eigenvalue weighted by Gasteiger charge is 2.22. The second kappa shape index (κ2) is 10.00. The van der Waals surface area contributed by atoms with E-state index in [4.69, 9.17) is 16.3 Å². The van der Waals surface area contributed by atoms with Gasteiger partial charge in [0.15, 0.2) is 0 Å². The summed E-state index contributed by atoms with van der Waals surface area (Å²) in [5.74, 6) is 1.63. The van der Waals surface area contributed by atoms with E-state index >= 15 is 0 Å². The fraction of sp³-hybridized carbons (Fsp3) is 0.632. The normalized spacial score (nSPS) is 18.8. The van der Waals surface area contributed by atoms with Crippen LogP contribution in [0.2, 0.25) is 5.02 Å². The highest BCUT2D eigenvalue weighted by atomic mass is 35.5. The van der Waals surface area contributed by atoms with Gasteiger partial charge in [-0.3, -0.25) is 4.79 Å². The molecule has 0 radical (unpaired) electrons. The summed E-state index contributed by atoms with van der Waals surface area (Å²) in [5.41, 5.74) is 0.712. The Kier molecular flexibility index (Phi) is 8.00. The Labute approximate surface area is 156 Å². The maximum atomic E-state index is 12.3. The molecule has 1 aliphatic rings. The van der Waals surface area contributed by atoms with Gasteiger partial charge in [-0.25, -0.2) is 0 Å². The van der Waals surface area contributed by atoms with Crippen LogP contribution in [-0.4, -0.2) is 51.1 Å². The van der Waals surface area contributed by atoms with Gasteiger partial charge in [-0.15, -0.1) is 0 Å². The van der Waals surface area contributed by atoms with Crippen molar-refractivity contribution in [2.24, 2.45) is 11.8 Å². The fourth-order valence-corrected chi connectivity index (χ4v) is 3.30. The third-order valence-electron chi connectivity index (χ3n) is 4.66. The molecule has 0 aliphatic carbocycles. The topological polar surface area (TPSA) is 53.6 Å². The van der Waals surface area contributed by atoms with Crippen LogP contribution >= 0.6 is 11.6 Å². The second-order valence-corrected chi connectivity index (χ2v) is 7.54. The van der Waals surface area contributed by atoms with Crippen LogP contribution in [0, 0.1) is 11.8 Å². The van der Waals surface area contributed by atoms with Crippen molar-refractivity contribution in [1.82, 2.24) is 10.2 Å². The lowest BCUT2D eigenvalue weighted by molar-refractivity contribution is -0.117. The lowest BCUT2D eigenvalue weighted by atomic mass is 9.85. The summed E-state index contributed by atoms with van der Waals surface area (Å²) in [5, 5.41) is 6.87. The number of rotatable bonds is 8. The van der Waals surface area contributed by atoms with Crippen LogP contribution in [-0.2, 0) is 4.79 Å². The Bertz CT molecular complexity index is 560. The smallest absolute Gasteiger partial charge is 0.224 e. The number of halogens is 1. The van der Waals surface area contributed by atoms with Gasteiger partial charge in [0.05, 0.1) is 5.02 Å². The first-order valence-corrected chi connectivity index (χ1v) is 9.41. The zero-order chi connectivity index (χ0) is 18.2. The number of piperidine rings is 1. The zero-order valence-electron chi connectivity index (χ0n) is 15.5. The van der Waals surface area contributed by atoms with Gasteiger partial charge in [0, 0.05) is 18.7 Å². The lowest BCUT2D eigenvalue weighted by Gasteiger charge is -2.28. The molecule has 0 spiro atoms. The van der Waals surface area contributed by atoms with Crippen LogP contribution < -0.4 is 15.4 Å². The number of ether oxygens (including phenoxy) is 1. The van der Waals surface area contributed by atoms with Gasteiger partial charge in [0.25, 0.3) is 0 Å². The molecule has 2 rings (SSSR count). The van der Waals surface area contributed by atoms with Gasteiger partial charge < -0.3 is 20.3 Å². The number of likely N-dealkylation sites (N-methyl/N-ethyl adjacent to an activating group) is 1. The number of anilines is 1. The average Bonchev–Trinajstić information content (AvgIpc) is 2.57. The number of carbonyl (C=O) groups excluding carboxylic acids is 1. The molecule has 140 valence electrons. The molecule has 1 amide bonds. The molecule has 0 aromatic heterocycles. The summed E-state index contributed by atoms with van der Waals surface area (Å²) in [6.07, 6.45) is 2.93. The quantitative estimate of drug-likeness (QED) is 0.740. The molecular formula is C19H30ClN3O2. The molecule has 2 atom stereocenters. The molecule has 2 N–H and O–H groups in total. The van der Waals surface area contributed by atoms with Crippen molar-refractivity contribution in [3.63, 3.8) is 0 Å². The Morgan fingerprint density at radius 1 is 1.48 bits per heavy atom. The summed E-state index contributed by atoms with van der Waals surface area (Å²) in [4.78, 5) is 14.3. The molecule has 1 aromatic rings. The summed E-state index contributed by atoms with van der Waals surface area (Å²) >= 11 is 6.26. The van der Waals surface area contributed by atoms with Gasteiger partial charge in [-0.05, 0) is 70.1 Å². The second-order valence-electron chi connectivity index (χ2n) is 7.13. The predicted molar refractivity (Wildman–Crippen MR) is 104 cm³/mol. The van der Waals surface area contributed by atoms with E-state index in [0.717, 1.165) is 19.6 Å². The van der Waals surface area contributed by atoms with E-state index in [2.05, 4.69) is 17.6 Å². The molecule has 1 aliphatic heterocycles. The standard InChI is InChI=1S/C19H30ClN3O2/c1-14(15-5-4-8-21-13-15)11-19(24)22-16-6-7-18(17(20)12-16)25-10-9-23(2)3/h6-7,12,14-15,21H,4-5,8-11,13H2,1-3H3,(H,22,24). The molecule has 0 bridgehead atoms. The molecule has 25 heavy (non-hydrogen) atoms. The largest absolute Gasteiger partial charge is 0.491 e. The summed E-state index contributed by atoms with van der Waals surface area (Å²) in [7, 11) is 3.99. The van der Waals surface area contributed by atoms with E-state index < -0.39 is 0 Å². The number of hydrogen-bond donors (Lipinski definition) is 2. The van der Waals surface area contributed by atoms with Gasteiger partial charge in [0.2, 0.25) is 5.91 Å². The van der Waals surface area contributed by atoms with Crippen LogP contribution in [0.5, 0.6) is 5.75 Å². The minimum Gasteiger partial charge on any atom is -0.491 e. The van der Waals surface area contributed by atoms with E-state index in [1.165, 1.54) is 12.8 Å². The Balaban J connectivity index is 1.82. The van der Waals surface area contributed by atoms with Crippen molar-refractivity contribution < 1.29 is 9.53 Å². The monoisotopic (exact) mass is 367 g/mol. The first kappa shape index (κ1) is 20.0. The van der Waals surface area contributed by atoms with Crippen LogP contribution in [0.4, 0.5) is 5.69 Å². The maximum absolute atomic E-state index is 12.3. The first-order valence-electron chi connectivity index (χ1n) is 9.03. The summed E-state index contributed by atoms with van der Waals surface area (Å²) in [6, 6.07) is 5.39. The Hall–Kier alpha value is -1.30. The number of hydrogen-bond acceptors (Lipinski definition) is 4. The number of benzene rings is 1. The summed E-state index contributed by atoms with van der Waals surface area (Å²) in [6.45, 7) is 5.66. The van der Waals surface area contributed by atoms with Crippen molar-refractivity contribution in [2.45, 2.75) is 26.2 Å². The van der Waals surface area contributed by atoms with Crippen molar-refractivity contribution in [3.8, 4) is 5.75 Å². The van der Waals surface area contributed by atoms with Gasteiger partial charge >= 0.3 is 0 Å². The maximum Gasteiger partial charge on any atom is 0.224 e. The number of nitrogens with one attached hydrogen (secondary N) is 2. The fourth-order valence-electron chi connectivity index (χ4n) is 3.07.